The van der Waals surface area contributed by atoms with Gasteiger partial charge in [0.15, 0.2) is 0 Å². The van der Waals surface area contributed by atoms with Gasteiger partial charge in [-0.1, -0.05) is 73.6 Å². The van der Waals surface area contributed by atoms with Crippen molar-refractivity contribution < 1.29 is 0 Å². The van der Waals surface area contributed by atoms with Crippen molar-refractivity contribution in [2.75, 3.05) is 0 Å². The smallest absolute Gasteiger partial charge is 0.0264 e. The lowest BCUT2D eigenvalue weighted by atomic mass is 9.44. The van der Waals surface area contributed by atoms with Gasteiger partial charge in [-0.3, -0.25) is 0 Å². The normalized spacial score (nSPS) is 46.7. The van der Waals surface area contributed by atoms with Crippen LogP contribution >= 0.6 is 0 Å². The van der Waals surface area contributed by atoms with Crippen molar-refractivity contribution in [2.45, 2.75) is 125 Å². The van der Waals surface area contributed by atoms with E-state index in [0.29, 0.717) is 10.8 Å². The van der Waals surface area contributed by atoms with Crippen molar-refractivity contribution in [1.29, 1.82) is 0 Å². The van der Waals surface area contributed by atoms with Crippen molar-refractivity contribution in [3.63, 3.8) is 0 Å². The molecular formula is C29H52. The molecule has 0 saturated heterocycles. The first-order chi connectivity index (χ1) is 13.8. The molecule has 0 aromatic rings. The van der Waals surface area contributed by atoms with Crippen LogP contribution in [0.4, 0.5) is 0 Å². The molecule has 168 valence electrons. The average Bonchev–Trinajstić information content (AvgIpc) is 3.04. The van der Waals surface area contributed by atoms with Gasteiger partial charge in [-0.25, -0.2) is 0 Å². The third-order valence-electron chi connectivity index (χ3n) is 11.8. The largest absolute Gasteiger partial charge is 0.0625 e. The van der Waals surface area contributed by atoms with Crippen LogP contribution in [0.1, 0.15) is 125 Å². The van der Waals surface area contributed by atoms with Gasteiger partial charge < -0.3 is 0 Å². The van der Waals surface area contributed by atoms with Gasteiger partial charge in [-0.15, -0.1) is 0 Å². The van der Waals surface area contributed by atoms with E-state index in [1.807, 2.05) is 0 Å². The zero-order valence-electron chi connectivity index (χ0n) is 20.8. The lowest BCUT2D eigenvalue weighted by Crippen LogP contribution is -2.53. The second-order valence-corrected chi connectivity index (χ2v) is 13.3. The fourth-order valence-corrected chi connectivity index (χ4v) is 9.57. The first-order valence-corrected chi connectivity index (χ1v) is 13.8. The molecule has 4 rings (SSSR count). The molecule has 0 heteroatoms. The Bertz CT molecular complexity index is 548. The van der Waals surface area contributed by atoms with E-state index >= 15 is 0 Å². The molecule has 4 fully saturated rings. The van der Waals surface area contributed by atoms with Crippen molar-refractivity contribution in [3.8, 4) is 0 Å². The van der Waals surface area contributed by atoms with Crippen molar-refractivity contribution >= 4 is 0 Å². The fraction of sp³-hybridized carbons (Fsp3) is 1.00. The molecular weight excluding hydrogens is 348 g/mol. The first kappa shape index (κ1) is 22.2. The molecule has 0 radical (unpaired) electrons. The van der Waals surface area contributed by atoms with Crippen LogP contribution in [0.25, 0.3) is 0 Å². The fourth-order valence-electron chi connectivity index (χ4n) is 9.57. The molecule has 0 N–H and O–H groups in total. The first-order valence-electron chi connectivity index (χ1n) is 13.8. The predicted molar refractivity (Wildman–Crippen MR) is 127 cm³/mol. The Labute approximate surface area is 183 Å². The van der Waals surface area contributed by atoms with Gasteiger partial charge in [0.05, 0.1) is 0 Å². The summed E-state index contributed by atoms with van der Waals surface area (Å²) in [6.45, 7) is 15.4. The molecule has 2 unspecified atom stereocenters. The zero-order valence-corrected chi connectivity index (χ0v) is 20.8. The van der Waals surface area contributed by atoms with E-state index in [1.165, 1.54) is 32.1 Å². The second-order valence-electron chi connectivity index (χ2n) is 13.3. The van der Waals surface area contributed by atoms with Crippen LogP contribution in [0.3, 0.4) is 0 Å². The van der Waals surface area contributed by atoms with E-state index in [-0.39, 0.29) is 0 Å². The highest BCUT2D eigenvalue weighted by atomic mass is 14.6. The summed E-state index contributed by atoms with van der Waals surface area (Å²) < 4.78 is 0. The summed E-state index contributed by atoms with van der Waals surface area (Å²) in [5.41, 5.74) is 1.38. The Morgan fingerprint density at radius 3 is 2.24 bits per heavy atom. The van der Waals surface area contributed by atoms with Crippen molar-refractivity contribution in [2.24, 2.45) is 58.2 Å². The van der Waals surface area contributed by atoms with Crippen LogP contribution in [0, 0.1) is 58.2 Å². The van der Waals surface area contributed by atoms with E-state index < -0.39 is 0 Å². The minimum Gasteiger partial charge on any atom is -0.0625 e. The topological polar surface area (TPSA) is 0 Å². The van der Waals surface area contributed by atoms with Crippen LogP contribution in [0.5, 0.6) is 0 Å². The predicted octanol–water partition coefficient (Wildman–Crippen LogP) is 9.13. The molecule has 0 spiro atoms. The quantitative estimate of drug-likeness (QED) is 0.417. The van der Waals surface area contributed by atoms with Gasteiger partial charge in [0.1, 0.15) is 0 Å². The van der Waals surface area contributed by atoms with Gasteiger partial charge in [0.2, 0.25) is 0 Å². The summed E-state index contributed by atoms with van der Waals surface area (Å²) in [7, 11) is 0. The Balaban J connectivity index is 1.41. The van der Waals surface area contributed by atoms with Crippen LogP contribution in [-0.4, -0.2) is 0 Å². The van der Waals surface area contributed by atoms with Crippen molar-refractivity contribution in [1.82, 2.24) is 0 Å². The molecule has 0 heterocycles. The summed E-state index contributed by atoms with van der Waals surface area (Å²) in [4.78, 5) is 0. The van der Waals surface area contributed by atoms with E-state index in [2.05, 4.69) is 41.5 Å². The Hall–Kier alpha value is 0. The Morgan fingerprint density at radius 1 is 0.724 bits per heavy atom. The van der Waals surface area contributed by atoms with Gasteiger partial charge >= 0.3 is 0 Å². The molecule has 0 bridgehead atoms. The molecule has 0 aliphatic heterocycles. The van der Waals surface area contributed by atoms with Gasteiger partial charge in [0.25, 0.3) is 0 Å². The Kier molecular flexibility index (Phi) is 6.51. The monoisotopic (exact) mass is 400 g/mol. The zero-order chi connectivity index (χ0) is 20.8. The van der Waals surface area contributed by atoms with Crippen LogP contribution in [0.15, 0.2) is 0 Å². The molecule has 0 aromatic carbocycles. The molecule has 9 atom stereocenters. The standard InChI is InChI=1S/C29H52/c1-20(2)21(3)10-9-11-22(4)25-15-16-26-24-14-13-23-12-7-8-18-28(23,5)27(24)17-19-29(25,26)6/h20-27H,7-19H2,1-6H3/t21?,22-,23?,24+,25-,26+,27+,28+,29-/m1/s1. The number of hydrogen-bond acceptors (Lipinski definition) is 0. The minimum atomic E-state index is 0.669. The minimum absolute atomic E-state index is 0.669. The highest BCUT2D eigenvalue weighted by Crippen LogP contribution is 2.68. The lowest BCUT2D eigenvalue weighted by molar-refractivity contribution is -0.114. The van der Waals surface area contributed by atoms with Gasteiger partial charge in [-0.05, 0) is 110 Å². The van der Waals surface area contributed by atoms with E-state index in [4.69, 9.17) is 0 Å². The van der Waals surface area contributed by atoms with Crippen LogP contribution in [0.2, 0.25) is 0 Å². The van der Waals surface area contributed by atoms with Gasteiger partial charge in [0, 0.05) is 0 Å². The molecule has 4 aliphatic carbocycles. The van der Waals surface area contributed by atoms with Crippen LogP contribution < -0.4 is 0 Å². The second kappa shape index (κ2) is 8.50. The number of rotatable bonds is 6. The molecule has 0 nitrogen and oxygen atoms in total. The molecule has 29 heavy (non-hydrogen) atoms. The van der Waals surface area contributed by atoms with Gasteiger partial charge in [-0.2, -0.15) is 0 Å². The van der Waals surface area contributed by atoms with E-state index in [0.717, 1.165) is 47.3 Å². The van der Waals surface area contributed by atoms with Crippen molar-refractivity contribution in [3.05, 3.63) is 0 Å². The SMILES string of the molecule is CC(C)C(C)CCC[C@@H](C)[C@H]1CC[C@H]2[C@@H]3CCC4CCCC[C@]4(C)[C@H]3CC[C@]12C. The van der Waals surface area contributed by atoms with E-state index in [1.54, 1.807) is 51.4 Å². The summed E-state index contributed by atoms with van der Waals surface area (Å²) in [6.07, 6.45) is 19.9. The molecule has 0 amide bonds. The third-order valence-corrected chi connectivity index (χ3v) is 11.8. The lowest BCUT2D eigenvalue weighted by Gasteiger charge is -2.61. The molecule has 0 aromatic heterocycles. The molecule has 4 saturated carbocycles. The van der Waals surface area contributed by atoms with Crippen LogP contribution in [-0.2, 0) is 0 Å². The summed E-state index contributed by atoms with van der Waals surface area (Å²) >= 11 is 0. The highest BCUT2D eigenvalue weighted by Gasteiger charge is 2.59. The maximum atomic E-state index is 2.76. The van der Waals surface area contributed by atoms with E-state index in [9.17, 15) is 0 Å². The number of fused-ring (bicyclic) bond motifs is 5. The third kappa shape index (κ3) is 3.86. The average molecular weight is 401 g/mol. The highest BCUT2D eigenvalue weighted by molar-refractivity contribution is 5.09. The molecule has 4 aliphatic rings. The maximum Gasteiger partial charge on any atom is -0.0264 e. The number of hydrogen-bond donors (Lipinski definition) is 0. The summed E-state index contributed by atoms with van der Waals surface area (Å²) in [5, 5.41) is 0. The summed E-state index contributed by atoms with van der Waals surface area (Å²) in [6, 6.07) is 0. The summed E-state index contributed by atoms with van der Waals surface area (Å²) in [5.74, 6) is 7.99. The Morgan fingerprint density at radius 2 is 1.48 bits per heavy atom. The maximum absolute atomic E-state index is 2.76.